The highest BCUT2D eigenvalue weighted by Gasteiger charge is 2.37. The summed E-state index contributed by atoms with van der Waals surface area (Å²) in [5, 5.41) is 12.9. The summed E-state index contributed by atoms with van der Waals surface area (Å²) in [5.74, 6) is 0.655. The number of hydrogen-bond acceptors (Lipinski definition) is 4. The van der Waals surface area contributed by atoms with Gasteiger partial charge in [0.05, 0.1) is 5.69 Å². The lowest BCUT2D eigenvalue weighted by atomic mass is 9.63. The Hall–Kier alpha value is -2.17. The summed E-state index contributed by atoms with van der Waals surface area (Å²) >= 11 is 0. The van der Waals surface area contributed by atoms with Crippen molar-refractivity contribution >= 4 is 5.82 Å². The summed E-state index contributed by atoms with van der Waals surface area (Å²) in [4.78, 5) is 4.71. The number of nitrogens with zero attached hydrogens (tertiary/aromatic N) is 1. The normalized spacial score (nSPS) is 18.4. The Labute approximate surface area is 162 Å². The van der Waals surface area contributed by atoms with Crippen LogP contribution in [0.1, 0.15) is 51.7 Å². The van der Waals surface area contributed by atoms with Gasteiger partial charge in [-0.1, -0.05) is 52.5 Å². The van der Waals surface area contributed by atoms with Crippen LogP contribution in [0, 0.1) is 0 Å². The molecule has 0 aliphatic heterocycles. The minimum absolute atomic E-state index is 0.126. The van der Waals surface area contributed by atoms with E-state index in [1.54, 1.807) is 0 Å². The highest BCUT2D eigenvalue weighted by molar-refractivity contribution is 5.65. The van der Waals surface area contributed by atoms with Gasteiger partial charge in [0.1, 0.15) is 11.9 Å². The summed E-state index contributed by atoms with van der Waals surface area (Å²) in [6.45, 7) is 13.3. The van der Waals surface area contributed by atoms with Crippen molar-refractivity contribution in [2.24, 2.45) is 5.73 Å². The van der Waals surface area contributed by atoms with Crippen LogP contribution in [0.3, 0.4) is 0 Å². The van der Waals surface area contributed by atoms with E-state index in [9.17, 15) is 5.11 Å². The van der Waals surface area contributed by atoms with Gasteiger partial charge in [-0.15, -0.1) is 0 Å². The van der Waals surface area contributed by atoms with Crippen LogP contribution in [0.15, 0.2) is 48.7 Å². The molecule has 1 aromatic carbocycles. The smallest absolute Gasteiger partial charge is 0.130 e. The number of hydrogen-bond donors (Lipinski definition) is 3. The molecule has 1 unspecified atom stereocenters. The Morgan fingerprint density at radius 1 is 1.15 bits per heavy atom. The van der Waals surface area contributed by atoms with Crippen molar-refractivity contribution in [2.45, 2.75) is 57.5 Å². The van der Waals surface area contributed by atoms with Gasteiger partial charge < -0.3 is 16.2 Å². The van der Waals surface area contributed by atoms with Crippen LogP contribution in [0.25, 0.3) is 11.3 Å². The molecule has 0 radical (unpaired) electrons. The van der Waals surface area contributed by atoms with Gasteiger partial charge in [-0.05, 0) is 53.0 Å². The molecule has 0 bridgehead atoms. The van der Waals surface area contributed by atoms with Gasteiger partial charge >= 0.3 is 0 Å². The number of aliphatic hydroxyl groups is 1. The third-order valence-corrected chi connectivity index (χ3v) is 5.81. The summed E-state index contributed by atoms with van der Waals surface area (Å²) in [5.41, 5.74) is 11.2. The van der Waals surface area contributed by atoms with Gasteiger partial charge in [-0.2, -0.15) is 0 Å². The Morgan fingerprint density at radius 3 is 2.48 bits per heavy atom. The van der Waals surface area contributed by atoms with Crippen molar-refractivity contribution in [3.8, 4) is 11.3 Å². The number of aromatic nitrogens is 1. The molecule has 1 aliphatic rings. The van der Waals surface area contributed by atoms with Crippen molar-refractivity contribution < 1.29 is 5.11 Å². The topological polar surface area (TPSA) is 71.2 Å². The number of nitrogens with two attached hydrogens (primary N) is 1. The first-order valence-electron chi connectivity index (χ1n) is 9.60. The number of benzene rings is 1. The van der Waals surface area contributed by atoms with Crippen LogP contribution in [-0.4, -0.2) is 22.7 Å². The van der Waals surface area contributed by atoms with E-state index in [1.807, 2.05) is 18.2 Å². The largest absolute Gasteiger partial charge is 0.386 e. The van der Waals surface area contributed by atoms with Crippen LogP contribution < -0.4 is 11.1 Å². The number of nitrogens with one attached hydrogen (secondary N) is 1. The molecule has 0 saturated carbocycles. The quantitative estimate of drug-likeness (QED) is 0.737. The van der Waals surface area contributed by atoms with Gasteiger partial charge in [0.25, 0.3) is 0 Å². The van der Waals surface area contributed by atoms with E-state index in [-0.39, 0.29) is 17.4 Å². The van der Waals surface area contributed by atoms with Crippen molar-refractivity contribution in [1.82, 2.24) is 4.98 Å². The SMILES string of the molecule is C=C(Nc1cccc(-c2ccc3c(c2)C(C)(C)CCC3(C)C)n1)C(O)CN. The zero-order valence-electron chi connectivity index (χ0n) is 16.8. The molecule has 0 saturated heterocycles. The molecular formula is C23H31N3O. The van der Waals surface area contributed by atoms with Gasteiger partial charge in [0.15, 0.2) is 0 Å². The molecule has 1 aromatic heterocycles. The number of rotatable bonds is 5. The minimum atomic E-state index is -0.790. The van der Waals surface area contributed by atoms with Crippen molar-refractivity contribution in [3.05, 3.63) is 59.8 Å². The molecule has 4 nitrogen and oxygen atoms in total. The van der Waals surface area contributed by atoms with E-state index in [0.29, 0.717) is 11.5 Å². The average Bonchev–Trinajstić information content (AvgIpc) is 2.65. The summed E-state index contributed by atoms with van der Waals surface area (Å²) in [6.07, 6.45) is 1.60. The molecule has 144 valence electrons. The van der Waals surface area contributed by atoms with Gasteiger partial charge in [0, 0.05) is 17.8 Å². The maximum Gasteiger partial charge on any atom is 0.130 e. The molecule has 1 heterocycles. The first-order valence-corrected chi connectivity index (χ1v) is 9.60. The molecular weight excluding hydrogens is 334 g/mol. The Bertz CT molecular complexity index is 854. The second-order valence-electron chi connectivity index (χ2n) is 8.84. The second kappa shape index (κ2) is 7.10. The minimum Gasteiger partial charge on any atom is -0.386 e. The molecule has 3 rings (SSSR count). The Morgan fingerprint density at radius 2 is 1.81 bits per heavy atom. The number of anilines is 1. The zero-order chi connectivity index (χ0) is 19.8. The molecule has 0 spiro atoms. The van der Waals surface area contributed by atoms with Crippen LogP contribution in [0.4, 0.5) is 5.82 Å². The van der Waals surface area contributed by atoms with E-state index in [4.69, 9.17) is 10.7 Å². The molecule has 27 heavy (non-hydrogen) atoms. The maximum atomic E-state index is 9.80. The third kappa shape index (κ3) is 3.92. The van der Waals surface area contributed by atoms with Crippen molar-refractivity contribution in [2.75, 3.05) is 11.9 Å². The fourth-order valence-electron chi connectivity index (χ4n) is 3.80. The summed E-state index contributed by atoms with van der Waals surface area (Å²) in [6, 6.07) is 12.6. The second-order valence-corrected chi connectivity index (χ2v) is 8.84. The summed E-state index contributed by atoms with van der Waals surface area (Å²) < 4.78 is 0. The number of aliphatic hydroxyl groups excluding tert-OH is 1. The van der Waals surface area contributed by atoms with Crippen molar-refractivity contribution in [3.63, 3.8) is 0 Å². The zero-order valence-corrected chi connectivity index (χ0v) is 16.8. The monoisotopic (exact) mass is 365 g/mol. The van der Waals surface area contributed by atoms with Crippen LogP contribution >= 0.6 is 0 Å². The lowest BCUT2D eigenvalue weighted by Gasteiger charge is -2.42. The first kappa shape index (κ1) is 19.6. The molecule has 4 heteroatoms. The Kier molecular flexibility index (Phi) is 5.15. The molecule has 0 amide bonds. The average molecular weight is 366 g/mol. The molecule has 2 aromatic rings. The highest BCUT2D eigenvalue weighted by Crippen LogP contribution is 2.46. The molecule has 0 fully saturated rings. The number of fused-ring (bicyclic) bond motifs is 1. The fraction of sp³-hybridized carbons (Fsp3) is 0.435. The van der Waals surface area contributed by atoms with E-state index in [0.717, 1.165) is 11.3 Å². The molecule has 1 aliphatic carbocycles. The number of pyridine rings is 1. The Balaban J connectivity index is 1.96. The first-order chi connectivity index (χ1) is 12.6. The molecule has 1 atom stereocenters. The predicted octanol–water partition coefficient (Wildman–Crippen LogP) is 4.34. The van der Waals surface area contributed by atoms with E-state index < -0.39 is 6.10 Å². The molecule has 4 N–H and O–H groups in total. The highest BCUT2D eigenvalue weighted by atomic mass is 16.3. The lowest BCUT2D eigenvalue weighted by molar-refractivity contribution is 0.221. The lowest BCUT2D eigenvalue weighted by Crippen LogP contribution is -2.33. The fourth-order valence-corrected chi connectivity index (χ4v) is 3.80. The van der Waals surface area contributed by atoms with Crippen molar-refractivity contribution in [1.29, 1.82) is 0 Å². The standard InChI is InChI=1S/C23H31N3O/c1-15(20(27)14-24)25-21-8-6-7-19(26-21)16-9-10-17-18(13-16)23(4,5)12-11-22(17,2)3/h6-10,13,20,27H,1,11-12,14,24H2,2-5H3,(H,25,26). The third-order valence-electron chi connectivity index (χ3n) is 5.81. The van der Waals surface area contributed by atoms with E-state index >= 15 is 0 Å². The van der Waals surface area contributed by atoms with Gasteiger partial charge in [0.2, 0.25) is 0 Å². The van der Waals surface area contributed by atoms with E-state index in [2.05, 4.69) is 57.8 Å². The van der Waals surface area contributed by atoms with Gasteiger partial charge in [-0.25, -0.2) is 4.98 Å². The van der Waals surface area contributed by atoms with Crippen LogP contribution in [0.5, 0.6) is 0 Å². The predicted molar refractivity (Wildman–Crippen MR) is 113 cm³/mol. The van der Waals surface area contributed by atoms with Crippen LogP contribution in [-0.2, 0) is 10.8 Å². The van der Waals surface area contributed by atoms with Gasteiger partial charge in [-0.3, -0.25) is 0 Å². The summed E-state index contributed by atoms with van der Waals surface area (Å²) in [7, 11) is 0. The van der Waals surface area contributed by atoms with E-state index in [1.165, 1.54) is 24.0 Å². The van der Waals surface area contributed by atoms with Crippen LogP contribution in [0.2, 0.25) is 0 Å². The maximum absolute atomic E-state index is 9.80.